The third kappa shape index (κ3) is 3.27. The molecule has 1 aliphatic rings. The highest BCUT2D eigenvalue weighted by Gasteiger charge is 2.40. The van der Waals surface area contributed by atoms with E-state index < -0.39 is 5.54 Å². The SMILES string of the molecule is CC[C@H](C)C(=O)N[C@]1(c2ccc(C#N)c3nccnc23)CNC[C@@H](C)C1. The molecule has 2 N–H and O–H groups in total. The van der Waals surface area contributed by atoms with Crippen LogP contribution in [0.4, 0.5) is 0 Å². The molecule has 2 heterocycles. The fourth-order valence-corrected chi connectivity index (χ4v) is 3.72. The molecule has 1 aliphatic heterocycles. The molecule has 1 aromatic heterocycles. The summed E-state index contributed by atoms with van der Waals surface area (Å²) in [5.74, 6) is 0.396. The van der Waals surface area contributed by atoms with E-state index in [-0.39, 0.29) is 11.8 Å². The summed E-state index contributed by atoms with van der Waals surface area (Å²) in [6, 6.07) is 5.89. The van der Waals surface area contributed by atoms with E-state index in [2.05, 4.69) is 33.6 Å². The molecule has 3 rings (SSSR count). The third-order valence-corrected chi connectivity index (χ3v) is 5.30. The van der Waals surface area contributed by atoms with Crippen LogP contribution in [0.25, 0.3) is 11.0 Å². The number of aromatic nitrogens is 2. The quantitative estimate of drug-likeness (QED) is 0.883. The van der Waals surface area contributed by atoms with Gasteiger partial charge in [-0.1, -0.05) is 26.8 Å². The molecule has 0 unspecified atom stereocenters. The number of nitrogens with one attached hydrogen (secondary N) is 2. The Balaban J connectivity index is 2.15. The van der Waals surface area contributed by atoms with Crippen molar-refractivity contribution in [2.24, 2.45) is 11.8 Å². The molecule has 6 heteroatoms. The Bertz CT molecular complexity index is 859. The van der Waals surface area contributed by atoms with Crippen LogP contribution < -0.4 is 10.6 Å². The van der Waals surface area contributed by atoms with Gasteiger partial charge in [0.15, 0.2) is 0 Å². The van der Waals surface area contributed by atoms with Gasteiger partial charge >= 0.3 is 0 Å². The zero-order valence-corrected chi connectivity index (χ0v) is 15.5. The maximum absolute atomic E-state index is 12.8. The molecular weight excluding hydrogens is 326 g/mol. The molecule has 0 bridgehead atoms. The topological polar surface area (TPSA) is 90.7 Å². The van der Waals surface area contributed by atoms with E-state index in [1.807, 2.05) is 19.9 Å². The van der Waals surface area contributed by atoms with Crippen LogP contribution in [0, 0.1) is 23.2 Å². The largest absolute Gasteiger partial charge is 0.345 e. The molecule has 1 saturated heterocycles. The fraction of sp³-hybridized carbons (Fsp3) is 0.500. The van der Waals surface area contributed by atoms with Crippen LogP contribution >= 0.6 is 0 Å². The summed E-state index contributed by atoms with van der Waals surface area (Å²) < 4.78 is 0. The Labute approximate surface area is 154 Å². The number of hydrogen-bond donors (Lipinski definition) is 2. The normalized spacial score (nSPS) is 24.0. The second kappa shape index (κ2) is 7.38. The predicted octanol–water partition coefficient (Wildman–Crippen LogP) is 2.49. The molecule has 6 nitrogen and oxygen atoms in total. The first-order chi connectivity index (χ1) is 12.5. The van der Waals surface area contributed by atoms with Gasteiger partial charge in [-0.2, -0.15) is 5.26 Å². The van der Waals surface area contributed by atoms with Crippen LogP contribution in [0.15, 0.2) is 24.5 Å². The van der Waals surface area contributed by atoms with E-state index in [4.69, 9.17) is 0 Å². The monoisotopic (exact) mass is 351 g/mol. The van der Waals surface area contributed by atoms with Crippen molar-refractivity contribution in [2.45, 2.75) is 39.2 Å². The maximum atomic E-state index is 12.8. The smallest absolute Gasteiger partial charge is 0.223 e. The van der Waals surface area contributed by atoms with Crippen molar-refractivity contribution >= 4 is 16.9 Å². The van der Waals surface area contributed by atoms with Gasteiger partial charge in [-0.3, -0.25) is 14.8 Å². The lowest BCUT2D eigenvalue weighted by Gasteiger charge is -2.42. The number of carbonyl (C=O) groups is 1. The van der Waals surface area contributed by atoms with Crippen LogP contribution in [0.2, 0.25) is 0 Å². The van der Waals surface area contributed by atoms with Gasteiger partial charge in [0.05, 0.1) is 16.6 Å². The highest BCUT2D eigenvalue weighted by molar-refractivity contribution is 5.86. The summed E-state index contributed by atoms with van der Waals surface area (Å²) in [6.07, 6.45) is 4.84. The summed E-state index contributed by atoms with van der Waals surface area (Å²) >= 11 is 0. The number of carbonyl (C=O) groups excluding carboxylic acids is 1. The van der Waals surface area contributed by atoms with Crippen LogP contribution in [0.3, 0.4) is 0 Å². The number of fused-ring (bicyclic) bond motifs is 1. The van der Waals surface area contributed by atoms with E-state index in [1.165, 1.54) is 0 Å². The fourth-order valence-electron chi connectivity index (χ4n) is 3.72. The van der Waals surface area contributed by atoms with Gasteiger partial charge in [0.2, 0.25) is 5.91 Å². The number of piperidine rings is 1. The van der Waals surface area contributed by atoms with Crippen molar-refractivity contribution in [1.29, 1.82) is 5.26 Å². The molecule has 1 amide bonds. The molecule has 3 atom stereocenters. The molecule has 0 radical (unpaired) electrons. The Morgan fingerprint density at radius 2 is 2.15 bits per heavy atom. The second-order valence-electron chi connectivity index (χ2n) is 7.35. The van der Waals surface area contributed by atoms with Crippen LogP contribution in [-0.4, -0.2) is 29.0 Å². The standard InChI is InChI=1S/C20H25N5O/c1-4-14(3)19(26)25-20(9-13(2)11-22-12-20)16-6-5-15(10-21)17-18(16)24-8-7-23-17/h5-8,13-14,22H,4,9,11-12H2,1-3H3,(H,25,26)/t13-,14-,20-/m0/s1. The average molecular weight is 351 g/mol. The number of benzene rings is 1. The number of hydrogen-bond acceptors (Lipinski definition) is 5. The van der Waals surface area contributed by atoms with Gasteiger partial charge in [0.1, 0.15) is 11.6 Å². The molecule has 26 heavy (non-hydrogen) atoms. The molecule has 0 spiro atoms. The third-order valence-electron chi connectivity index (χ3n) is 5.30. The van der Waals surface area contributed by atoms with E-state index in [9.17, 15) is 10.1 Å². The molecule has 1 aromatic carbocycles. The predicted molar refractivity (Wildman–Crippen MR) is 100 cm³/mol. The second-order valence-corrected chi connectivity index (χ2v) is 7.35. The Hall–Kier alpha value is -2.52. The lowest BCUT2D eigenvalue weighted by molar-refractivity contribution is -0.127. The Kier molecular flexibility index (Phi) is 5.19. The minimum atomic E-state index is -0.555. The summed E-state index contributed by atoms with van der Waals surface area (Å²) in [5, 5.41) is 16.2. The summed E-state index contributed by atoms with van der Waals surface area (Å²) in [6.45, 7) is 7.69. The highest BCUT2D eigenvalue weighted by atomic mass is 16.2. The zero-order chi connectivity index (χ0) is 18.7. The van der Waals surface area contributed by atoms with Gasteiger partial charge in [-0.25, -0.2) is 0 Å². The van der Waals surface area contributed by atoms with E-state index in [1.54, 1.807) is 18.5 Å². The Morgan fingerprint density at radius 3 is 2.81 bits per heavy atom. The molecule has 0 aliphatic carbocycles. The van der Waals surface area contributed by atoms with Crippen molar-refractivity contribution in [1.82, 2.24) is 20.6 Å². The van der Waals surface area contributed by atoms with E-state index in [0.29, 0.717) is 29.1 Å². The van der Waals surface area contributed by atoms with Crippen LogP contribution in [-0.2, 0) is 10.3 Å². The molecule has 1 fully saturated rings. The minimum Gasteiger partial charge on any atom is -0.345 e. The van der Waals surface area contributed by atoms with Gasteiger partial charge < -0.3 is 10.6 Å². The number of nitrogens with zero attached hydrogens (tertiary/aromatic N) is 3. The minimum absolute atomic E-state index is 0.0461. The summed E-state index contributed by atoms with van der Waals surface area (Å²) in [5.41, 5.74) is 2.14. The lowest BCUT2D eigenvalue weighted by Crippen LogP contribution is -2.58. The van der Waals surface area contributed by atoms with Crippen molar-refractivity contribution in [3.05, 3.63) is 35.7 Å². The summed E-state index contributed by atoms with van der Waals surface area (Å²) in [4.78, 5) is 21.6. The van der Waals surface area contributed by atoms with Crippen molar-refractivity contribution in [3.8, 4) is 6.07 Å². The average Bonchev–Trinajstić information content (AvgIpc) is 2.66. The summed E-state index contributed by atoms with van der Waals surface area (Å²) in [7, 11) is 0. The molecule has 136 valence electrons. The lowest BCUT2D eigenvalue weighted by atomic mass is 9.77. The van der Waals surface area contributed by atoms with Crippen molar-refractivity contribution in [2.75, 3.05) is 13.1 Å². The van der Waals surface area contributed by atoms with Gasteiger partial charge in [0, 0.05) is 30.4 Å². The molecule has 0 saturated carbocycles. The maximum Gasteiger partial charge on any atom is 0.223 e. The molecular formula is C20H25N5O. The van der Waals surface area contributed by atoms with E-state index >= 15 is 0 Å². The van der Waals surface area contributed by atoms with Crippen LogP contribution in [0.1, 0.15) is 44.7 Å². The Morgan fingerprint density at radius 1 is 1.42 bits per heavy atom. The van der Waals surface area contributed by atoms with Crippen LogP contribution in [0.5, 0.6) is 0 Å². The van der Waals surface area contributed by atoms with Crippen molar-refractivity contribution in [3.63, 3.8) is 0 Å². The number of nitriles is 1. The highest BCUT2D eigenvalue weighted by Crippen LogP contribution is 2.35. The van der Waals surface area contributed by atoms with Crippen molar-refractivity contribution < 1.29 is 4.79 Å². The van der Waals surface area contributed by atoms with Gasteiger partial charge in [-0.05, 0) is 31.4 Å². The van der Waals surface area contributed by atoms with Gasteiger partial charge in [-0.15, -0.1) is 0 Å². The van der Waals surface area contributed by atoms with E-state index in [0.717, 1.165) is 24.9 Å². The first-order valence-corrected chi connectivity index (χ1v) is 9.17. The number of rotatable bonds is 4. The zero-order valence-electron chi connectivity index (χ0n) is 15.5. The molecule has 2 aromatic rings. The first kappa shape index (κ1) is 18.3. The van der Waals surface area contributed by atoms with Gasteiger partial charge in [0.25, 0.3) is 0 Å². The first-order valence-electron chi connectivity index (χ1n) is 9.17. The number of amides is 1.